The molecule has 1 heterocycles. The van der Waals surface area contributed by atoms with E-state index in [0.717, 1.165) is 16.0 Å². The number of aromatic nitrogens is 1. The minimum absolute atomic E-state index is 0.561. The molecule has 3 nitrogen and oxygen atoms in total. The summed E-state index contributed by atoms with van der Waals surface area (Å²) in [6, 6.07) is 3.96. The first kappa shape index (κ1) is 12.2. The van der Waals surface area contributed by atoms with Gasteiger partial charge in [0.2, 0.25) is 0 Å². The van der Waals surface area contributed by atoms with Gasteiger partial charge in [0.25, 0.3) is 0 Å². The van der Waals surface area contributed by atoms with Crippen molar-refractivity contribution >= 4 is 27.2 Å². The molecule has 0 aliphatic heterocycles. The molecule has 0 amide bonds. The molecule has 0 aliphatic carbocycles. The number of nitrogens with two attached hydrogens (primary N) is 1. The maximum Gasteiger partial charge on any atom is 0.144 e. The van der Waals surface area contributed by atoms with Crippen molar-refractivity contribution in [3.8, 4) is 5.75 Å². The van der Waals surface area contributed by atoms with Gasteiger partial charge in [-0.15, -0.1) is 11.3 Å². The van der Waals surface area contributed by atoms with Crippen LogP contribution in [0.4, 0.5) is 5.69 Å². The molecule has 0 spiro atoms. The Morgan fingerprint density at radius 2 is 2.29 bits per heavy atom. The summed E-state index contributed by atoms with van der Waals surface area (Å²) in [6.07, 6.45) is 2.37. The molecular weight excluding hydrogens is 232 g/mol. The Labute approximate surface area is 106 Å². The summed E-state index contributed by atoms with van der Waals surface area (Å²) >= 11 is 1.60. The van der Waals surface area contributed by atoms with Gasteiger partial charge in [-0.3, -0.25) is 0 Å². The summed E-state index contributed by atoms with van der Waals surface area (Å²) in [6.45, 7) is 5.10. The predicted octanol–water partition coefficient (Wildman–Crippen LogP) is 3.69. The minimum Gasteiger partial charge on any atom is -0.491 e. The highest BCUT2D eigenvalue weighted by Gasteiger charge is 2.09. The molecule has 0 radical (unpaired) electrons. The molecule has 2 aromatic rings. The van der Waals surface area contributed by atoms with Crippen molar-refractivity contribution in [2.45, 2.75) is 26.7 Å². The molecule has 92 valence electrons. The van der Waals surface area contributed by atoms with Gasteiger partial charge in [0.05, 0.1) is 16.8 Å². The third-order valence-electron chi connectivity index (χ3n) is 2.81. The van der Waals surface area contributed by atoms with E-state index in [9.17, 15) is 0 Å². The first-order valence-electron chi connectivity index (χ1n) is 5.96. The molecule has 0 saturated heterocycles. The third kappa shape index (κ3) is 2.69. The molecule has 1 aromatic carbocycles. The molecule has 4 heteroatoms. The lowest BCUT2D eigenvalue weighted by Gasteiger charge is -2.13. The Balaban J connectivity index is 2.10. The van der Waals surface area contributed by atoms with Crippen LogP contribution in [0.2, 0.25) is 0 Å². The van der Waals surface area contributed by atoms with Gasteiger partial charge in [-0.1, -0.05) is 20.3 Å². The molecule has 0 bridgehead atoms. The molecule has 1 atom stereocenters. The number of fused-ring (bicyclic) bond motifs is 1. The molecular formula is C13H18N2OS. The zero-order valence-electron chi connectivity index (χ0n) is 10.3. The summed E-state index contributed by atoms with van der Waals surface area (Å²) in [5.41, 5.74) is 9.37. The summed E-state index contributed by atoms with van der Waals surface area (Å²) in [4.78, 5) is 4.26. The zero-order valence-corrected chi connectivity index (χ0v) is 11.1. The van der Waals surface area contributed by atoms with E-state index in [4.69, 9.17) is 10.5 Å². The van der Waals surface area contributed by atoms with E-state index in [-0.39, 0.29) is 0 Å². The Bertz CT molecular complexity index is 495. The number of benzene rings is 1. The van der Waals surface area contributed by atoms with Gasteiger partial charge in [-0.25, -0.2) is 4.98 Å². The second-order valence-electron chi connectivity index (χ2n) is 4.38. The van der Waals surface area contributed by atoms with Crippen LogP contribution in [0.25, 0.3) is 10.2 Å². The lowest BCUT2D eigenvalue weighted by molar-refractivity contribution is 0.253. The lowest BCUT2D eigenvalue weighted by Crippen LogP contribution is -2.09. The van der Waals surface area contributed by atoms with Gasteiger partial charge in [0, 0.05) is 0 Å². The molecule has 2 N–H and O–H groups in total. The van der Waals surface area contributed by atoms with E-state index in [1.807, 2.05) is 17.6 Å². The van der Waals surface area contributed by atoms with E-state index in [1.165, 1.54) is 12.8 Å². The van der Waals surface area contributed by atoms with Crippen LogP contribution in [-0.4, -0.2) is 11.6 Å². The average Bonchev–Trinajstić information content (AvgIpc) is 2.77. The highest BCUT2D eigenvalue weighted by atomic mass is 32.1. The van der Waals surface area contributed by atoms with Gasteiger partial charge >= 0.3 is 0 Å². The molecule has 1 unspecified atom stereocenters. The van der Waals surface area contributed by atoms with Crippen LogP contribution in [-0.2, 0) is 0 Å². The van der Waals surface area contributed by atoms with Crippen LogP contribution in [0.5, 0.6) is 5.75 Å². The normalized spacial score (nSPS) is 12.8. The topological polar surface area (TPSA) is 48.1 Å². The smallest absolute Gasteiger partial charge is 0.144 e. The molecule has 2 rings (SSSR count). The number of hydrogen-bond acceptors (Lipinski definition) is 4. The number of anilines is 1. The number of rotatable bonds is 5. The van der Waals surface area contributed by atoms with E-state index in [0.29, 0.717) is 18.2 Å². The van der Waals surface area contributed by atoms with E-state index >= 15 is 0 Å². The van der Waals surface area contributed by atoms with E-state index in [2.05, 4.69) is 18.8 Å². The van der Waals surface area contributed by atoms with Crippen molar-refractivity contribution in [3.63, 3.8) is 0 Å². The van der Waals surface area contributed by atoms with Gasteiger partial charge in [0.15, 0.2) is 0 Å². The standard InChI is InChI=1S/C13H18N2OS/c1-3-4-9(2)7-16-10-5-6-11-13(12(10)14)15-8-17-11/h5-6,8-9H,3-4,7,14H2,1-2H3. The first-order chi connectivity index (χ1) is 8.22. The maximum absolute atomic E-state index is 6.04. The van der Waals surface area contributed by atoms with Crippen LogP contribution in [0, 0.1) is 5.92 Å². The fraction of sp³-hybridized carbons (Fsp3) is 0.462. The highest BCUT2D eigenvalue weighted by Crippen LogP contribution is 2.31. The highest BCUT2D eigenvalue weighted by molar-refractivity contribution is 7.16. The van der Waals surface area contributed by atoms with Gasteiger partial charge in [-0.2, -0.15) is 0 Å². The van der Waals surface area contributed by atoms with Crippen molar-refractivity contribution in [1.29, 1.82) is 0 Å². The number of nitrogen functional groups attached to an aromatic ring is 1. The summed E-state index contributed by atoms with van der Waals surface area (Å²) < 4.78 is 6.88. The second-order valence-corrected chi connectivity index (χ2v) is 5.27. The Morgan fingerprint density at radius 3 is 3.06 bits per heavy atom. The van der Waals surface area contributed by atoms with Crippen molar-refractivity contribution in [1.82, 2.24) is 4.98 Å². The second kappa shape index (κ2) is 5.36. The number of thiazole rings is 1. The quantitative estimate of drug-likeness (QED) is 0.823. The fourth-order valence-corrected chi connectivity index (χ4v) is 2.56. The van der Waals surface area contributed by atoms with Crippen molar-refractivity contribution in [2.24, 2.45) is 5.92 Å². The average molecular weight is 250 g/mol. The molecule has 0 aliphatic rings. The summed E-state index contributed by atoms with van der Waals surface area (Å²) in [5.74, 6) is 1.32. The van der Waals surface area contributed by atoms with Crippen LogP contribution in [0.1, 0.15) is 26.7 Å². The molecule has 17 heavy (non-hydrogen) atoms. The Morgan fingerprint density at radius 1 is 1.47 bits per heavy atom. The minimum atomic E-state index is 0.561. The van der Waals surface area contributed by atoms with Crippen molar-refractivity contribution < 1.29 is 4.74 Å². The van der Waals surface area contributed by atoms with Crippen molar-refractivity contribution in [3.05, 3.63) is 17.6 Å². The largest absolute Gasteiger partial charge is 0.491 e. The van der Waals surface area contributed by atoms with Crippen LogP contribution in [0.3, 0.4) is 0 Å². The van der Waals surface area contributed by atoms with Gasteiger partial charge in [0.1, 0.15) is 17.0 Å². The fourth-order valence-electron chi connectivity index (χ4n) is 1.87. The SMILES string of the molecule is CCCC(C)COc1ccc2scnc2c1N. The zero-order chi connectivity index (χ0) is 12.3. The maximum atomic E-state index is 6.04. The third-order valence-corrected chi connectivity index (χ3v) is 3.60. The predicted molar refractivity (Wildman–Crippen MR) is 73.6 cm³/mol. The monoisotopic (exact) mass is 250 g/mol. The number of hydrogen-bond donors (Lipinski definition) is 1. The van der Waals surface area contributed by atoms with Gasteiger partial charge < -0.3 is 10.5 Å². The Kier molecular flexibility index (Phi) is 3.84. The van der Waals surface area contributed by atoms with Crippen LogP contribution < -0.4 is 10.5 Å². The van der Waals surface area contributed by atoms with Gasteiger partial charge in [-0.05, 0) is 24.5 Å². The number of ether oxygens (including phenoxy) is 1. The molecule has 0 saturated carbocycles. The summed E-state index contributed by atoms with van der Waals surface area (Å²) in [7, 11) is 0. The van der Waals surface area contributed by atoms with Crippen molar-refractivity contribution in [2.75, 3.05) is 12.3 Å². The number of nitrogens with zero attached hydrogens (tertiary/aromatic N) is 1. The first-order valence-corrected chi connectivity index (χ1v) is 6.84. The van der Waals surface area contributed by atoms with E-state index < -0.39 is 0 Å². The van der Waals surface area contributed by atoms with Crippen LogP contribution in [0.15, 0.2) is 17.6 Å². The van der Waals surface area contributed by atoms with E-state index in [1.54, 1.807) is 11.3 Å². The Hall–Kier alpha value is -1.29. The molecule has 1 aromatic heterocycles. The van der Waals surface area contributed by atoms with Crippen LogP contribution >= 0.6 is 11.3 Å². The summed E-state index contributed by atoms with van der Waals surface area (Å²) in [5, 5.41) is 0. The molecule has 0 fully saturated rings. The lowest BCUT2D eigenvalue weighted by atomic mass is 10.1.